The van der Waals surface area contributed by atoms with Gasteiger partial charge in [-0.1, -0.05) is 29.8 Å². The quantitative estimate of drug-likeness (QED) is 0.238. The number of hydrogen-bond donors (Lipinski definition) is 2. The van der Waals surface area contributed by atoms with E-state index in [4.69, 9.17) is 25.5 Å². The van der Waals surface area contributed by atoms with Crippen molar-refractivity contribution in [2.75, 3.05) is 26.1 Å². The third-order valence-corrected chi connectivity index (χ3v) is 5.57. The Morgan fingerprint density at radius 3 is 2.58 bits per heavy atom. The number of methoxy groups -OCH3 is 2. The van der Waals surface area contributed by atoms with Crippen molar-refractivity contribution >= 4 is 47.2 Å². The molecule has 0 atom stereocenters. The van der Waals surface area contributed by atoms with Gasteiger partial charge in [0, 0.05) is 5.69 Å². The third kappa shape index (κ3) is 5.95. The fraction of sp³-hybridized carbons (Fsp3) is 0.154. The molecule has 0 spiro atoms. The average Bonchev–Trinajstić information content (AvgIpc) is 3.48. The number of halogens is 1. The Hall–Kier alpha value is -4.77. The Balaban J connectivity index is 1.45. The first-order chi connectivity index (χ1) is 18.3. The predicted octanol–water partition coefficient (Wildman–Crippen LogP) is 3.84. The number of benzene rings is 2. The summed E-state index contributed by atoms with van der Waals surface area (Å²) in [5.41, 5.74) is 1.04. The largest absolute Gasteiger partial charge is 0.493 e. The van der Waals surface area contributed by atoms with Crippen molar-refractivity contribution in [3.05, 3.63) is 82.4 Å². The summed E-state index contributed by atoms with van der Waals surface area (Å²) in [5.74, 6) is -1.15. The van der Waals surface area contributed by atoms with Crippen molar-refractivity contribution in [2.45, 2.75) is 6.54 Å². The molecule has 4 amide bonds. The maximum absolute atomic E-state index is 12.9. The van der Waals surface area contributed by atoms with Gasteiger partial charge < -0.3 is 29.3 Å². The van der Waals surface area contributed by atoms with Gasteiger partial charge in [-0.2, -0.15) is 0 Å². The van der Waals surface area contributed by atoms with Crippen LogP contribution in [0, 0.1) is 0 Å². The molecule has 2 aromatic carbocycles. The summed E-state index contributed by atoms with van der Waals surface area (Å²) in [6, 6.07) is 14.1. The van der Waals surface area contributed by atoms with E-state index >= 15 is 0 Å². The van der Waals surface area contributed by atoms with Crippen molar-refractivity contribution in [2.24, 2.45) is 0 Å². The van der Waals surface area contributed by atoms with E-state index in [1.54, 1.807) is 30.3 Å². The Bertz CT molecular complexity index is 1420. The zero-order chi connectivity index (χ0) is 27.2. The van der Waals surface area contributed by atoms with Gasteiger partial charge in [-0.25, -0.2) is 9.59 Å². The zero-order valence-corrected chi connectivity index (χ0v) is 21.0. The highest BCUT2D eigenvalue weighted by Gasteiger charge is 2.34. The number of urea groups is 1. The molecule has 38 heavy (non-hydrogen) atoms. The Kier molecular flexibility index (Phi) is 7.97. The zero-order valence-electron chi connectivity index (χ0n) is 20.3. The van der Waals surface area contributed by atoms with Gasteiger partial charge in [-0.15, -0.1) is 0 Å². The van der Waals surface area contributed by atoms with Crippen LogP contribution in [0.15, 0.2) is 64.7 Å². The number of rotatable bonds is 9. The molecule has 12 heteroatoms. The van der Waals surface area contributed by atoms with E-state index in [0.29, 0.717) is 11.3 Å². The maximum Gasteiger partial charge on any atom is 0.373 e. The first-order valence-corrected chi connectivity index (χ1v) is 11.5. The Labute approximate surface area is 221 Å². The number of ether oxygens (including phenoxy) is 3. The van der Waals surface area contributed by atoms with Crippen molar-refractivity contribution in [1.29, 1.82) is 0 Å². The second-order valence-corrected chi connectivity index (χ2v) is 8.28. The summed E-state index contributed by atoms with van der Waals surface area (Å²) in [6.07, 6.45) is 1.42. The van der Waals surface area contributed by atoms with E-state index in [0.717, 1.165) is 4.90 Å². The smallest absolute Gasteiger partial charge is 0.373 e. The minimum absolute atomic E-state index is 0.0104. The molecule has 0 aliphatic carbocycles. The lowest BCUT2D eigenvalue weighted by Gasteiger charge is -2.13. The van der Waals surface area contributed by atoms with Gasteiger partial charge in [0.05, 0.1) is 25.8 Å². The van der Waals surface area contributed by atoms with E-state index in [1.165, 1.54) is 38.5 Å². The van der Waals surface area contributed by atoms with Crippen molar-refractivity contribution in [1.82, 2.24) is 10.2 Å². The van der Waals surface area contributed by atoms with Gasteiger partial charge in [0.1, 0.15) is 11.5 Å². The van der Waals surface area contributed by atoms with Crippen LogP contribution in [0.3, 0.4) is 0 Å². The first kappa shape index (κ1) is 26.3. The van der Waals surface area contributed by atoms with Crippen LogP contribution in [-0.2, 0) is 20.9 Å². The lowest BCUT2D eigenvalue weighted by molar-refractivity contribution is -0.123. The van der Waals surface area contributed by atoms with Gasteiger partial charge >= 0.3 is 12.0 Å². The molecule has 0 saturated carbocycles. The van der Waals surface area contributed by atoms with Gasteiger partial charge in [-0.3, -0.25) is 14.5 Å². The summed E-state index contributed by atoms with van der Waals surface area (Å²) < 4.78 is 20.9. The minimum Gasteiger partial charge on any atom is -0.493 e. The molecule has 4 rings (SSSR count). The topological polar surface area (TPSA) is 136 Å². The van der Waals surface area contributed by atoms with Crippen LogP contribution in [0.4, 0.5) is 10.5 Å². The molecular formula is C26H22ClN3O8. The number of imide groups is 1. The molecule has 1 saturated heterocycles. The number of hydrogen-bond acceptors (Lipinski definition) is 8. The van der Waals surface area contributed by atoms with E-state index in [2.05, 4.69) is 15.4 Å². The summed E-state index contributed by atoms with van der Waals surface area (Å²) in [6.45, 7) is -0.514. The van der Waals surface area contributed by atoms with E-state index in [9.17, 15) is 19.2 Å². The van der Waals surface area contributed by atoms with Crippen LogP contribution in [0.25, 0.3) is 6.08 Å². The molecule has 0 radical (unpaired) electrons. The molecule has 1 aliphatic heterocycles. The van der Waals surface area contributed by atoms with Gasteiger partial charge in [0.15, 0.2) is 18.1 Å². The first-order valence-electron chi connectivity index (χ1n) is 11.2. The van der Waals surface area contributed by atoms with Crippen LogP contribution in [0.2, 0.25) is 5.02 Å². The number of nitrogens with one attached hydrogen (secondary N) is 2. The average molecular weight is 540 g/mol. The summed E-state index contributed by atoms with van der Waals surface area (Å²) in [7, 11) is 2.61. The summed E-state index contributed by atoms with van der Waals surface area (Å²) in [4.78, 5) is 50.0. The molecule has 2 N–H and O–H groups in total. The van der Waals surface area contributed by atoms with Crippen LogP contribution in [0.1, 0.15) is 21.9 Å². The highest BCUT2D eigenvalue weighted by Crippen LogP contribution is 2.37. The molecule has 196 valence electrons. The van der Waals surface area contributed by atoms with Crippen LogP contribution < -0.4 is 20.1 Å². The Morgan fingerprint density at radius 2 is 1.87 bits per heavy atom. The lowest BCUT2D eigenvalue weighted by atomic mass is 10.1. The fourth-order valence-electron chi connectivity index (χ4n) is 3.53. The highest BCUT2D eigenvalue weighted by atomic mass is 35.5. The molecule has 3 aromatic rings. The van der Waals surface area contributed by atoms with Crippen molar-refractivity contribution in [3.8, 4) is 11.5 Å². The summed E-state index contributed by atoms with van der Waals surface area (Å²) >= 11 is 6.38. The molecule has 0 bridgehead atoms. The number of furan rings is 1. The molecule has 1 aromatic heterocycles. The minimum atomic E-state index is -0.677. The number of para-hydroxylation sites is 1. The molecule has 11 nitrogen and oxygen atoms in total. The maximum atomic E-state index is 12.9. The number of nitrogens with zero attached hydrogens (tertiary/aromatic N) is 1. The highest BCUT2D eigenvalue weighted by molar-refractivity contribution is 6.32. The normalized spacial score (nSPS) is 13.9. The molecule has 1 fully saturated rings. The molecule has 2 heterocycles. The van der Waals surface area contributed by atoms with Crippen LogP contribution in [0.5, 0.6) is 11.5 Å². The standard InChI is InChI=1S/C26H22ClN3O8/c1-35-21-12-15(10-18(27)23(21)37-14-22(31)28-16-6-4-3-5-7-16)11-19-24(32)30(26(34)29-19)13-17-8-9-20(38-17)25(33)36-2/h3-12H,13-14H2,1-2H3,(H,28,31)(H,29,34)/b19-11-. The van der Waals surface area contributed by atoms with Crippen LogP contribution >= 0.6 is 11.6 Å². The second kappa shape index (κ2) is 11.5. The fourth-order valence-corrected chi connectivity index (χ4v) is 3.80. The monoisotopic (exact) mass is 539 g/mol. The van der Waals surface area contributed by atoms with Crippen LogP contribution in [-0.4, -0.2) is 49.5 Å². The number of amides is 4. The van der Waals surface area contributed by atoms with Gasteiger partial charge in [0.2, 0.25) is 5.76 Å². The molecular weight excluding hydrogens is 518 g/mol. The number of carbonyl (C=O) groups excluding carboxylic acids is 4. The lowest BCUT2D eigenvalue weighted by Crippen LogP contribution is -2.30. The molecule has 0 unspecified atom stereocenters. The molecule has 1 aliphatic rings. The van der Waals surface area contributed by atoms with E-state index in [-0.39, 0.29) is 46.9 Å². The Morgan fingerprint density at radius 1 is 1.11 bits per heavy atom. The number of esters is 1. The van der Waals surface area contributed by atoms with Crippen molar-refractivity contribution < 1.29 is 37.8 Å². The SMILES string of the molecule is COC(=O)c1ccc(CN2C(=O)N/C(=C\c3cc(Cl)c(OCC(=O)Nc4ccccc4)c(OC)c3)C2=O)o1. The number of anilines is 1. The predicted molar refractivity (Wildman–Crippen MR) is 136 cm³/mol. The van der Waals surface area contributed by atoms with E-state index in [1.807, 2.05) is 6.07 Å². The second-order valence-electron chi connectivity index (χ2n) is 7.87. The van der Waals surface area contributed by atoms with E-state index < -0.39 is 23.8 Å². The summed E-state index contributed by atoms with van der Waals surface area (Å²) in [5, 5.41) is 5.32. The van der Waals surface area contributed by atoms with Gasteiger partial charge in [0.25, 0.3) is 11.8 Å². The van der Waals surface area contributed by atoms with Gasteiger partial charge in [-0.05, 0) is 48.0 Å². The third-order valence-electron chi connectivity index (χ3n) is 5.29. The number of carbonyl (C=O) groups is 4. The van der Waals surface area contributed by atoms with Crippen molar-refractivity contribution in [3.63, 3.8) is 0 Å².